The standard InChI is InChI=1S/C7H11NO5S/c1-13-7(10)5-8-6(9)3-2-4-14(8,11)12/h2-5H2,1H3. The van der Waals surface area contributed by atoms with E-state index in [0.717, 1.165) is 7.11 Å². The highest BCUT2D eigenvalue weighted by Crippen LogP contribution is 2.14. The van der Waals surface area contributed by atoms with Gasteiger partial charge in [0, 0.05) is 6.42 Å². The van der Waals surface area contributed by atoms with Gasteiger partial charge >= 0.3 is 5.97 Å². The molecule has 0 spiro atoms. The number of ether oxygens (including phenoxy) is 1. The van der Waals surface area contributed by atoms with Crippen molar-refractivity contribution < 1.29 is 22.7 Å². The molecule has 7 heteroatoms. The number of sulfonamides is 1. The van der Waals surface area contributed by atoms with Gasteiger partial charge in [0.1, 0.15) is 6.54 Å². The molecule has 0 aromatic carbocycles. The van der Waals surface area contributed by atoms with Gasteiger partial charge < -0.3 is 4.74 Å². The third-order valence-corrected chi connectivity index (χ3v) is 3.72. The van der Waals surface area contributed by atoms with Crippen LogP contribution < -0.4 is 0 Å². The first kappa shape index (κ1) is 11.0. The van der Waals surface area contributed by atoms with E-state index in [-0.39, 0.29) is 12.2 Å². The monoisotopic (exact) mass is 221 g/mol. The number of rotatable bonds is 2. The van der Waals surface area contributed by atoms with Crippen LogP contribution in [0.4, 0.5) is 0 Å². The van der Waals surface area contributed by atoms with Crippen LogP contribution in [0.1, 0.15) is 12.8 Å². The van der Waals surface area contributed by atoms with Gasteiger partial charge in [0.2, 0.25) is 15.9 Å². The summed E-state index contributed by atoms with van der Waals surface area (Å²) in [4.78, 5) is 22.0. The lowest BCUT2D eigenvalue weighted by atomic mass is 10.3. The van der Waals surface area contributed by atoms with Gasteiger partial charge in [-0.25, -0.2) is 12.7 Å². The zero-order valence-electron chi connectivity index (χ0n) is 7.73. The average molecular weight is 221 g/mol. The van der Waals surface area contributed by atoms with Crippen LogP contribution in [0.25, 0.3) is 0 Å². The summed E-state index contributed by atoms with van der Waals surface area (Å²) in [6.45, 7) is -0.516. The number of hydrogen-bond donors (Lipinski definition) is 0. The van der Waals surface area contributed by atoms with Crippen molar-refractivity contribution in [3.8, 4) is 0 Å². The molecule has 0 atom stereocenters. The Morgan fingerprint density at radius 2 is 2.21 bits per heavy atom. The SMILES string of the molecule is COC(=O)CN1C(=O)CCCS1(=O)=O. The second kappa shape index (κ2) is 3.95. The molecule has 1 aliphatic heterocycles. The Balaban J connectivity index is 2.81. The van der Waals surface area contributed by atoms with Crippen LogP contribution >= 0.6 is 0 Å². The molecule has 1 heterocycles. The number of nitrogens with zero attached hydrogens (tertiary/aromatic N) is 1. The van der Waals surface area contributed by atoms with Crippen LogP contribution in [-0.2, 0) is 24.3 Å². The molecule has 0 saturated carbocycles. The molecule has 0 aromatic rings. The molecular formula is C7H11NO5S. The molecule has 14 heavy (non-hydrogen) atoms. The highest BCUT2D eigenvalue weighted by molar-refractivity contribution is 7.89. The molecule has 0 bridgehead atoms. The quantitative estimate of drug-likeness (QED) is 0.565. The van der Waals surface area contributed by atoms with E-state index in [2.05, 4.69) is 4.74 Å². The first-order chi connectivity index (χ1) is 6.47. The van der Waals surface area contributed by atoms with Crippen LogP contribution in [-0.4, -0.2) is 44.0 Å². The summed E-state index contributed by atoms with van der Waals surface area (Å²) in [5.41, 5.74) is 0. The smallest absolute Gasteiger partial charge is 0.326 e. The van der Waals surface area contributed by atoms with Crippen molar-refractivity contribution in [2.45, 2.75) is 12.8 Å². The van der Waals surface area contributed by atoms with E-state index in [1.165, 1.54) is 0 Å². The van der Waals surface area contributed by atoms with Gasteiger partial charge in [-0.1, -0.05) is 0 Å². The molecule has 0 unspecified atom stereocenters. The molecule has 1 aliphatic rings. The first-order valence-electron chi connectivity index (χ1n) is 4.07. The van der Waals surface area contributed by atoms with E-state index < -0.39 is 28.4 Å². The Labute approximate surface area is 81.9 Å². The summed E-state index contributed by atoms with van der Waals surface area (Å²) in [5.74, 6) is -1.36. The fourth-order valence-corrected chi connectivity index (χ4v) is 2.60. The zero-order chi connectivity index (χ0) is 10.8. The summed E-state index contributed by atoms with van der Waals surface area (Å²) in [5, 5.41) is 0. The summed E-state index contributed by atoms with van der Waals surface area (Å²) in [7, 11) is -2.45. The predicted octanol–water partition coefficient (Wildman–Crippen LogP) is -0.888. The van der Waals surface area contributed by atoms with Gasteiger partial charge in [-0.15, -0.1) is 0 Å². The van der Waals surface area contributed by atoms with E-state index in [4.69, 9.17) is 0 Å². The van der Waals surface area contributed by atoms with Crippen molar-refractivity contribution in [2.75, 3.05) is 19.4 Å². The van der Waals surface area contributed by atoms with Crippen LogP contribution in [0.15, 0.2) is 0 Å². The molecule has 80 valence electrons. The zero-order valence-corrected chi connectivity index (χ0v) is 8.54. The third kappa shape index (κ3) is 2.22. The minimum atomic E-state index is -3.59. The maximum Gasteiger partial charge on any atom is 0.326 e. The number of carbonyl (C=O) groups excluding carboxylic acids is 2. The van der Waals surface area contributed by atoms with Crippen molar-refractivity contribution >= 4 is 21.9 Å². The molecule has 1 amide bonds. The highest BCUT2D eigenvalue weighted by atomic mass is 32.2. The van der Waals surface area contributed by atoms with Crippen molar-refractivity contribution in [2.24, 2.45) is 0 Å². The minimum Gasteiger partial charge on any atom is -0.468 e. The van der Waals surface area contributed by atoms with E-state index in [1.54, 1.807) is 0 Å². The van der Waals surface area contributed by atoms with Gasteiger partial charge in [0.15, 0.2) is 0 Å². The van der Waals surface area contributed by atoms with Crippen molar-refractivity contribution in [1.29, 1.82) is 0 Å². The van der Waals surface area contributed by atoms with E-state index in [1.807, 2.05) is 0 Å². The van der Waals surface area contributed by atoms with Crippen molar-refractivity contribution in [1.82, 2.24) is 4.31 Å². The fourth-order valence-electron chi connectivity index (χ4n) is 1.16. The van der Waals surface area contributed by atoms with Crippen LogP contribution in [0, 0.1) is 0 Å². The maximum atomic E-state index is 11.3. The van der Waals surface area contributed by atoms with Crippen LogP contribution in [0.5, 0.6) is 0 Å². The Hall–Kier alpha value is -1.11. The first-order valence-corrected chi connectivity index (χ1v) is 5.68. The predicted molar refractivity (Wildman–Crippen MR) is 46.7 cm³/mol. The summed E-state index contributed by atoms with van der Waals surface area (Å²) >= 11 is 0. The van der Waals surface area contributed by atoms with Gasteiger partial charge in [-0.3, -0.25) is 9.59 Å². The Bertz CT molecular complexity index is 347. The second-order valence-electron chi connectivity index (χ2n) is 2.90. The van der Waals surface area contributed by atoms with Gasteiger partial charge in [-0.2, -0.15) is 0 Å². The molecular weight excluding hydrogens is 210 g/mol. The topological polar surface area (TPSA) is 80.8 Å². The highest BCUT2D eigenvalue weighted by Gasteiger charge is 2.33. The Kier molecular flexibility index (Phi) is 3.10. The summed E-state index contributed by atoms with van der Waals surface area (Å²) in [6, 6.07) is 0. The summed E-state index contributed by atoms with van der Waals surface area (Å²) in [6.07, 6.45) is 0.481. The molecule has 6 nitrogen and oxygen atoms in total. The van der Waals surface area contributed by atoms with E-state index in [0.29, 0.717) is 10.7 Å². The normalized spacial score (nSPS) is 20.6. The average Bonchev–Trinajstić information content (AvgIpc) is 2.11. The van der Waals surface area contributed by atoms with Crippen LogP contribution in [0.3, 0.4) is 0 Å². The lowest BCUT2D eigenvalue weighted by molar-refractivity contribution is -0.144. The van der Waals surface area contributed by atoms with Crippen molar-refractivity contribution in [3.63, 3.8) is 0 Å². The molecule has 1 fully saturated rings. The number of amides is 1. The van der Waals surface area contributed by atoms with E-state index in [9.17, 15) is 18.0 Å². The molecule has 0 aliphatic carbocycles. The van der Waals surface area contributed by atoms with Gasteiger partial charge in [0.25, 0.3) is 0 Å². The van der Waals surface area contributed by atoms with Crippen LogP contribution in [0.2, 0.25) is 0 Å². The molecule has 0 radical (unpaired) electrons. The fraction of sp³-hybridized carbons (Fsp3) is 0.714. The Morgan fingerprint density at radius 1 is 1.57 bits per heavy atom. The maximum absolute atomic E-state index is 11.3. The van der Waals surface area contributed by atoms with Gasteiger partial charge in [-0.05, 0) is 6.42 Å². The molecule has 0 aromatic heterocycles. The number of methoxy groups -OCH3 is 1. The second-order valence-corrected chi connectivity index (χ2v) is 4.91. The summed E-state index contributed by atoms with van der Waals surface area (Å²) < 4.78 is 27.6. The van der Waals surface area contributed by atoms with Gasteiger partial charge in [0.05, 0.1) is 12.9 Å². The lowest BCUT2D eigenvalue weighted by Crippen LogP contribution is -2.45. The molecule has 1 saturated heterocycles. The third-order valence-electron chi connectivity index (χ3n) is 1.91. The van der Waals surface area contributed by atoms with E-state index >= 15 is 0 Å². The Morgan fingerprint density at radius 3 is 2.71 bits per heavy atom. The number of hydrogen-bond acceptors (Lipinski definition) is 5. The number of esters is 1. The lowest BCUT2D eigenvalue weighted by Gasteiger charge is -2.24. The minimum absolute atomic E-state index is 0.0876. The molecule has 0 N–H and O–H groups in total. The largest absolute Gasteiger partial charge is 0.468 e. The number of carbonyl (C=O) groups is 2. The van der Waals surface area contributed by atoms with Crippen molar-refractivity contribution in [3.05, 3.63) is 0 Å². The molecule has 1 rings (SSSR count).